The van der Waals surface area contributed by atoms with Crippen molar-refractivity contribution in [1.29, 1.82) is 0 Å². The summed E-state index contributed by atoms with van der Waals surface area (Å²) in [6, 6.07) is 13.8. The zero-order chi connectivity index (χ0) is 14.7. The minimum Gasteiger partial charge on any atom is -0.496 e. The number of hydrogen-bond acceptors (Lipinski definition) is 5. The molecule has 0 saturated carbocycles. The normalized spacial score (nSPS) is 11.1. The Kier molecular flexibility index (Phi) is 4.17. The van der Waals surface area contributed by atoms with Gasteiger partial charge in [-0.2, -0.15) is 5.10 Å². The van der Waals surface area contributed by atoms with Crippen LogP contribution in [0.25, 0.3) is 10.2 Å². The van der Waals surface area contributed by atoms with Gasteiger partial charge in [0.1, 0.15) is 5.75 Å². The number of halogens is 1. The Morgan fingerprint density at radius 1 is 1.29 bits per heavy atom. The number of benzene rings is 2. The second-order valence-corrected chi connectivity index (χ2v) is 6.19. The number of methoxy groups -OCH3 is 1. The third-order valence-corrected chi connectivity index (χ3v) is 4.28. The number of fused-ring (bicyclic) bond motifs is 1. The Morgan fingerprint density at radius 2 is 2.14 bits per heavy atom. The van der Waals surface area contributed by atoms with Gasteiger partial charge < -0.3 is 4.74 Å². The molecule has 0 spiro atoms. The third kappa shape index (κ3) is 3.22. The van der Waals surface area contributed by atoms with Gasteiger partial charge in [0.25, 0.3) is 0 Å². The summed E-state index contributed by atoms with van der Waals surface area (Å²) in [4.78, 5) is 4.46. The predicted molar refractivity (Wildman–Crippen MR) is 91.5 cm³/mol. The van der Waals surface area contributed by atoms with Crippen LogP contribution in [0.4, 0.5) is 5.13 Å². The molecule has 4 nitrogen and oxygen atoms in total. The van der Waals surface area contributed by atoms with Crippen LogP contribution >= 0.6 is 27.3 Å². The number of ether oxygens (including phenoxy) is 1. The molecule has 0 aliphatic heterocycles. The first kappa shape index (κ1) is 14.0. The molecule has 0 bridgehead atoms. The molecule has 0 aliphatic rings. The van der Waals surface area contributed by atoms with E-state index in [0.29, 0.717) is 0 Å². The first-order valence-corrected chi connectivity index (χ1v) is 7.85. The SMILES string of the molecule is COc1ccc(Br)cc1C=NNc1nc2ccccc2s1. The summed E-state index contributed by atoms with van der Waals surface area (Å²) >= 11 is 5.01. The molecule has 0 atom stereocenters. The summed E-state index contributed by atoms with van der Waals surface area (Å²) in [5, 5.41) is 4.99. The fourth-order valence-corrected chi connectivity index (χ4v) is 3.08. The zero-order valence-corrected chi connectivity index (χ0v) is 13.6. The molecule has 2 aromatic carbocycles. The molecular formula is C15H12BrN3OS. The van der Waals surface area contributed by atoms with Gasteiger partial charge in [-0.05, 0) is 30.3 Å². The second kappa shape index (κ2) is 6.24. The Bertz CT molecular complexity index is 767. The molecule has 3 aromatic rings. The van der Waals surface area contributed by atoms with Crippen molar-refractivity contribution in [1.82, 2.24) is 4.98 Å². The zero-order valence-electron chi connectivity index (χ0n) is 11.2. The van der Waals surface area contributed by atoms with Crippen molar-refractivity contribution in [3.8, 4) is 5.75 Å². The Balaban J connectivity index is 1.79. The van der Waals surface area contributed by atoms with E-state index in [2.05, 4.69) is 31.4 Å². The number of thiazole rings is 1. The van der Waals surface area contributed by atoms with Gasteiger partial charge in [-0.1, -0.05) is 39.4 Å². The molecule has 21 heavy (non-hydrogen) atoms. The topological polar surface area (TPSA) is 46.5 Å². The van der Waals surface area contributed by atoms with Crippen LogP contribution in [-0.2, 0) is 0 Å². The lowest BCUT2D eigenvalue weighted by molar-refractivity contribution is 0.414. The van der Waals surface area contributed by atoms with Crippen molar-refractivity contribution in [2.75, 3.05) is 12.5 Å². The molecule has 0 radical (unpaired) electrons. The number of nitrogens with zero attached hydrogens (tertiary/aromatic N) is 2. The minimum absolute atomic E-state index is 0.765. The van der Waals surface area contributed by atoms with Gasteiger partial charge in [-0.3, -0.25) is 5.43 Å². The molecule has 106 valence electrons. The van der Waals surface area contributed by atoms with Gasteiger partial charge in [-0.15, -0.1) is 0 Å². The average molecular weight is 362 g/mol. The first-order chi connectivity index (χ1) is 10.3. The van der Waals surface area contributed by atoms with E-state index in [1.54, 1.807) is 24.7 Å². The lowest BCUT2D eigenvalue weighted by atomic mass is 10.2. The van der Waals surface area contributed by atoms with Crippen LogP contribution in [0.15, 0.2) is 52.0 Å². The van der Waals surface area contributed by atoms with Gasteiger partial charge in [0.15, 0.2) is 0 Å². The number of rotatable bonds is 4. The van der Waals surface area contributed by atoms with E-state index in [4.69, 9.17) is 4.74 Å². The monoisotopic (exact) mass is 361 g/mol. The molecule has 0 unspecified atom stereocenters. The van der Waals surface area contributed by atoms with Crippen LogP contribution in [-0.4, -0.2) is 18.3 Å². The maximum atomic E-state index is 5.30. The maximum absolute atomic E-state index is 5.30. The van der Waals surface area contributed by atoms with E-state index >= 15 is 0 Å². The van der Waals surface area contributed by atoms with Gasteiger partial charge in [0.2, 0.25) is 5.13 Å². The largest absolute Gasteiger partial charge is 0.496 e. The van der Waals surface area contributed by atoms with Crippen molar-refractivity contribution in [2.24, 2.45) is 5.10 Å². The van der Waals surface area contributed by atoms with Crippen molar-refractivity contribution in [3.05, 3.63) is 52.5 Å². The molecular weight excluding hydrogens is 350 g/mol. The summed E-state index contributed by atoms with van der Waals surface area (Å²) in [6.07, 6.45) is 1.72. The van der Waals surface area contributed by atoms with Crippen molar-refractivity contribution in [2.45, 2.75) is 0 Å². The quantitative estimate of drug-likeness (QED) is 0.549. The molecule has 3 rings (SSSR count). The van der Waals surface area contributed by atoms with E-state index in [-0.39, 0.29) is 0 Å². The molecule has 0 fully saturated rings. The first-order valence-electron chi connectivity index (χ1n) is 6.24. The van der Waals surface area contributed by atoms with Crippen LogP contribution in [0.5, 0.6) is 5.75 Å². The lowest BCUT2D eigenvalue weighted by Crippen LogP contribution is -1.93. The van der Waals surface area contributed by atoms with E-state index < -0.39 is 0 Å². The second-order valence-electron chi connectivity index (χ2n) is 4.24. The van der Waals surface area contributed by atoms with Crippen LogP contribution < -0.4 is 10.2 Å². The van der Waals surface area contributed by atoms with Crippen LogP contribution in [0.3, 0.4) is 0 Å². The highest BCUT2D eigenvalue weighted by Gasteiger charge is 2.02. The number of anilines is 1. The van der Waals surface area contributed by atoms with Gasteiger partial charge in [-0.25, -0.2) is 4.98 Å². The van der Waals surface area contributed by atoms with Crippen molar-refractivity contribution < 1.29 is 4.74 Å². The number of aromatic nitrogens is 1. The number of hydrogen-bond donors (Lipinski definition) is 1. The summed E-state index contributed by atoms with van der Waals surface area (Å²) in [5.74, 6) is 0.771. The number of nitrogens with one attached hydrogen (secondary N) is 1. The molecule has 0 saturated heterocycles. The summed E-state index contributed by atoms with van der Waals surface area (Å²) < 4.78 is 7.41. The average Bonchev–Trinajstić information content (AvgIpc) is 2.90. The summed E-state index contributed by atoms with van der Waals surface area (Å²) in [7, 11) is 1.64. The summed E-state index contributed by atoms with van der Waals surface area (Å²) in [5.41, 5.74) is 4.82. The molecule has 1 N–H and O–H groups in total. The fourth-order valence-electron chi connectivity index (χ4n) is 1.88. The smallest absolute Gasteiger partial charge is 0.204 e. The van der Waals surface area contributed by atoms with E-state index in [9.17, 15) is 0 Å². The van der Waals surface area contributed by atoms with Crippen molar-refractivity contribution >= 4 is 48.8 Å². The fraction of sp³-hybridized carbons (Fsp3) is 0.0667. The van der Waals surface area contributed by atoms with Crippen LogP contribution in [0.1, 0.15) is 5.56 Å². The van der Waals surface area contributed by atoms with Crippen LogP contribution in [0, 0.1) is 0 Å². The highest BCUT2D eigenvalue weighted by molar-refractivity contribution is 9.10. The number of para-hydroxylation sites is 1. The Hall–Kier alpha value is -1.92. The molecule has 0 aliphatic carbocycles. The molecule has 1 heterocycles. The highest BCUT2D eigenvalue weighted by atomic mass is 79.9. The van der Waals surface area contributed by atoms with Gasteiger partial charge in [0, 0.05) is 10.0 Å². The molecule has 1 aromatic heterocycles. The maximum Gasteiger partial charge on any atom is 0.204 e. The lowest BCUT2D eigenvalue weighted by Gasteiger charge is -2.04. The Labute approximate surface area is 134 Å². The molecule has 6 heteroatoms. The van der Waals surface area contributed by atoms with E-state index in [1.807, 2.05) is 42.5 Å². The number of hydrazone groups is 1. The third-order valence-electron chi connectivity index (χ3n) is 2.85. The van der Waals surface area contributed by atoms with Gasteiger partial charge >= 0.3 is 0 Å². The standard InChI is InChI=1S/C15H12BrN3OS/c1-20-13-7-6-11(16)8-10(13)9-17-19-15-18-12-4-2-3-5-14(12)21-15/h2-9H,1H3,(H,18,19). The van der Waals surface area contributed by atoms with E-state index in [0.717, 1.165) is 31.1 Å². The summed E-state index contributed by atoms with van der Waals surface area (Å²) in [6.45, 7) is 0. The predicted octanol–water partition coefficient (Wildman–Crippen LogP) is 4.51. The molecule has 0 amide bonds. The Morgan fingerprint density at radius 3 is 2.95 bits per heavy atom. The van der Waals surface area contributed by atoms with Gasteiger partial charge in [0.05, 0.1) is 23.5 Å². The van der Waals surface area contributed by atoms with Crippen LogP contribution in [0.2, 0.25) is 0 Å². The minimum atomic E-state index is 0.765. The highest BCUT2D eigenvalue weighted by Crippen LogP contribution is 2.25. The van der Waals surface area contributed by atoms with Crippen molar-refractivity contribution in [3.63, 3.8) is 0 Å². The van der Waals surface area contributed by atoms with E-state index in [1.165, 1.54) is 0 Å².